The minimum atomic E-state index is -0.810. The summed E-state index contributed by atoms with van der Waals surface area (Å²) in [6, 6.07) is 1.31. The molecule has 0 spiro atoms. The van der Waals surface area contributed by atoms with Crippen molar-refractivity contribution < 1.29 is 9.90 Å². The Balaban J connectivity index is 1.87. The molecule has 5 heteroatoms. The van der Waals surface area contributed by atoms with E-state index in [4.69, 9.17) is 5.11 Å². The molecule has 2 heterocycles. The van der Waals surface area contributed by atoms with Crippen LogP contribution in [0.2, 0.25) is 0 Å². The van der Waals surface area contributed by atoms with Gasteiger partial charge in [0.05, 0.1) is 17.1 Å². The van der Waals surface area contributed by atoms with Crippen LogP contribution in [0.5, 0.6) is 0 Å². The molecule has 0 aliphatic carbocycles. The lowest BCUT2D eigenvalue weighted by Gasteiger charge is -2.38. The van der Waals surface area contributed by atoms with E-state index in [1.165, 1.54) is 19.3 Å². The average Bonchev–Trinajstić information content (AvgIpc) is 2.75. The fraction of sp³-hybridized carbons (Fsp3) is 0.714. The van der Waals surface area contributed by atoms with Crippen molar-refractivity contribution >= 4 is 17.3 Å². The lowest BCUT2D eigenvalue weighted by atomic mass is 9.97. The number of rotatable bonds is 5. The van der Waals surface area contributed by atoms with Gasteiger partial charge in [0, 0.05) is 30.4 Å². The van der Waals surface area contributed by atoms with Crippen molar-refractivity contribution in [2.75, 3.05) is 6.54 Å². The summed E-state index contributed by atoms with van der Waals surface area (Å²) in [7, 11) is 0. The van der Waals surface area contributed by atoms with Crippen LogP contribution in [0, 0.1) is 0 Å². The lowest BCUT2D eigenvalue weighted by Crippen LogP contribution is -2.44. The van der Waals surface area contributed by atoms with Gasteiger partial charge in [-0.25, -0.2) is 4.98 Å². The summed E-state index contributed by atoms with van der Waals surface area (Å²) in [5.41, 5.74) is 0.687. The first-order chi connectivity index (χ1) is 9.06. The number of nitrogens with zero attached hydrogens (tertiary/aromatic N) is 2. The summed E-state index contributed by atoms with van der Waals surface area (Å²) in [4.78, 5) is 17.6. The predicted octanol–water partition coefficient (Wildman–Crippen LogP) is 2.58. The maximum atomic E-state index is 10.6. The molecular formula is C14H22N2O2S. The highest BCUT2D eigenvalue weighted by Crippen LogP contribution is 2.23. The maximum absolute atomic E-state index is 10.6. The predicted molar refractivity (Wildman–Crippen MR) is 76.6 cm³/mol. The van der Waals surface area contributed by atoms with Gasteiger partial charge in [-0.2, -0.15) is 0 Å². The van der Waals surface area contributed by atoms with Crippen LogP contribution in [-0.4, -0.2) is 39.6 Å². The Morgan fingerprint density at radius 3 is 2.79 bits per heavy atom. The third-order valence-electron chi connectivity index (χ3n) is 3.89. The molecule has 2 unspecified atom stereocenters. The summed E-state index contributed by atoms with van der Waals surface area (Å²) in [5, 5.41) is 11.7. The fourth-order valence-corrected chi connectivity index (χ4v) is 3.63. The van der Waals surface area contributed by atoms with Crippen LogP contribution in [0.25, 0.3) is 0 Å². The van der Waals surface area contributed by atoms with E-state index in [-0.39, 0.29) is 6.42 Å². The van der Waals surface area contributed by atoms with Crippen LogP contribution in [0.15, 0.2) is 5.38 Å². The molecule has 0 bridgehead atoms. The highest BCUT2D eigenvalue weighted by Gasteiger charge is 2.24. The summed E-state index contributed by atoms with van der Waals surface area (Å²) in [6.07, 6.45) is 4.86. The Bertz CT molecular complexity index is 423. The third-order valence-corrected chi connectivity index (χ3v) is 4.85. The monoisotopic (exact) mass is 282 g/mol. The smallest absolute Gasteiger partial charge is 0.309 e. The van der Waals surface area contributed by atoms with Gasteiger partial charge in [0.1, 0.15) is 0 Å². The molecule has 106 valence electrons. The Kier molecular flexibility index (Phi) is 4.93. The first-order valence-electron chi connectivity index (χ1n) is 6.97. The average molecular weight is 282 g/mol. The van der Waals surface area contributed by atoms with Crippen molar-refractivity contribution in [2.45, 2.75) is 58.0 Å². The zero-order valence-electron chi connectivity index (χ0n) is 11.6. The van der Waals surface area contributed by atoms with E-state index in [1.54, 1.807) is 11.3 Å². The third kappa shape index (κ3) is 4.01. The maximum Gasteiger partial charge on any atom is 0.309 e. The van der Waals surface area contributed by atoms with Crippen molar-refractivity contribution in [3.63, 3.8) is 0 Å². The van der Waals surface area contributed by atoms with Gasteiger partial charge >= 0.3 is 5.97 Å². The minimum Gasteiger partial charge on any atom is -0.481 e. The van der Waals surface area contributed by atoms with Crippen molar-refractivity contribution in [2.24, 2.45) is 0 Å². The fourth-order valence-electron chi connectivity index (χ4n) is 2.84. The van der Waals surface area contributed by atoms with Crippen LogP contribution in [0.1, 0.15) is 43.8 Å². The van der Waals surface area contributed by atoms with Gasteiger partial charge in [-0.15, -0.1) is 11.3 Å². The van der Waals surface area contributed by atoms with Crippen LogP contribution < -0.4 is 0 Å². The van der Waals surface area contributed by atoms with Crippen molar-refractivity contribution in [1.29, 1.82) is 0 Å². The normalized spacial score (nSPS) is 24.5. The molecule has 2 atom stereocenters. The Morgan fingerprint density at radius 1 is 1.47 bits per heavy atom. The molecule has 4 nitrogen and oxygen atoms in total. The SMILES string of the molecule is CC1CCCC(C)N1CCc1nc(CC(=O)O)cs1. The van der Waals surface area contributed by atoms with E-state index >= 15 is 0 Å². The van der Waals surface area contributed by atoms with E-state index in [0.29, 0.717) is 17.8 Å². The van der Waals surface area contributed by atoms with Crippen molar-refractivity contribution in [3.8, 4) is 0 Å². The standard InChI is InChI=1S/C14H22N2O2S/c1-10-4-3-5-11(2)16(10)7-6-13-15-12(9-19-13)8-14(17)18/h9-11H,3-8H2,1-2H3,(H,17,18). The van der Waals surface area contributed by atoms with Gasteiger partial charge in [0.15, 0.2) is 0 Å². The number of aromatic nitrogens is 1. The molecule has 1 aromatic rings. The molecular weight excluding hydrogens is 260 g/mol. The van der Waals surface area contributed by atoms with E-state index < -0.39 is 5.97 Å². The molecule has 0 saturated carbocycles. The van der Waals surface area contributed by atoms with Gasteiger partial charge in [0.2, 0.25) is 0 Å². The molecule has 0 radical (unpaired) electrons. The number of piperidine rings is 1. The van der Waals surface area contributed by atoms with Gasteiger partial charge in [-0.1, -0.05) is 6.42 Å². The second kappa shape index (κ2) is 6.48. The summed E-state index contributed by atoms with van der Waals surface area (Å²) in [6.45, 7) is 5.63. The zero-order valence-corrected chi connectivity index (χ0v) is 12.4. The summed E-state index contributed by atoms with van der Waals surface area (Å²) in [5.74, 6) is -0.810. The van der Waals surface area contributed by atoms with Gasteiger partial charge in [-0.05, 0) is 26.7 Å². The lowest BCUT2D eigenvalue weighted by molar-refractivity contribution is -0.136. The highest BCUT2D eigenvalue weighted by molar-refractivity contribution is 7.09. The molecule has 1 N–H and O–H groups in total. The summed E-state index contributed by atoms with van der Waals surface area (Å²) >= 11 is 1.58. The molecule has 1 aromatic heterocycles. The van der Waals surface area contributed by atoms with E-state index in [1.807, 2.05) is 5.38 Å². The van der Waals surface area contributed by atoms with Crippen LogP contribution in [-0.2, 0) is 17.6 Å². The molecule has 1 fully saturated rings. The molecule has 19 heavy (non-hydrogen) atoms. The second-order valence-corrected chi connectivity index (χ2v) is 6.36. The number of carboxylic acid groups (broad SMARTS) is 1. The van der Waals surface area contributed by atoms with E-state index in [9.17, 15) is 4.79 Å². The first-order valence-corrected chi connectivity index (χ1v) is 7.85. The zero-order chi connectivity index (χ0) is 13.8. The van der Waals surface area contributed by atoms with E-state index in [2.05, 4.69) is 23.7 Å². The van der Waals surface area contributed by atoms with Crippen molar-refractivity contribution in [1.82, 2.24) is 9.88 Å². The van der Waals surface area contributed by atoms with Gasteiger partial charge in [0.25, 0.3) is 0 Å². The van der Waals surface area contributed by atoms with Gasteiger partial charge in [-0.3, -0.25) is 9.69 Å². The molecule has 2 rings (SSSR count). The molecule has 1 aliphatic heterocycles. The highest BCUT2D eigenvalue weighted by atomic mass is 32.1. The quantitative estimate of drug-likeness (QED) is 0.902. The Morgan fingerprint density at radius 2 is 2.16 bits per heavy atom. The topological polar surface area (TPSA) is 53.4 Å². The first kappa shape index (κ1) is 14.5. The minimum absolute atomic E-state index is 0.0347. The molecule has 0 amide bonds. The van der Waals surface area contributed by atoms with Gasteiger partial charge < -0.3 is 5.11 Å². The number of likely N-dealkylation sites (tertiary alicyclic amines) is 1. The molecule has 0 aromatic carbocycles. The number of hydrogen-bond donors (Lipinski definition) is 1. The number of carboxylic acids is 1. The van der Waals surface area contributed by atoms with Crippen LogP contribution in [0.3, 0.4) is 0 Å². The Hall–Kier alpha value is -0.940. The number of hydrogen-bond acceptors (Lipinski definition) is 4. The Labute approximate surface area is 118 Å². The number of thiazole rings is 1. The second-order valence-electron chi connectivity index (χ2n) is 5.42. The van der Waals surface area contributed by atoms with E-state index in [0.717, 1.165) is 18.0 Å². The largest absolute Gasteiger partial charge is 0.481 e. The number of carbonyl (C=O) groups is 1. The van der Waals surface area contributed by atoms with Crippen LogP contribution in [0.4, 0.5) is 0 Å². The molecule has 1 aliphatic rings. The van der Waals surface area contributed by atoms with Crippen molar-refractivity contribution in [3.05, 3.63) is 16.1 Å². The molecule has 1 saturated heterocycles. The number of aliphatic carboxylic acids is 1. The van der Waals surface area contributed by atoms with Crippen LogP contribution >= 0.6 is 11.3 Å². The summed E-state index contributed by atoms with van der Waals surface area (Å²) < 4.78 is 0.